The second kappa shape index (κ2) is 9.25. The number of rotatable bonds is 8. The molecule has 2 amide bonds. The third kappa shape index (κ3) is 5.73. The van der Waals surface area contributed by atoms with Gasteiger partial charge in [0.15, 0.2) is 5.69 Å². The molecule has 0 saturated heterocycles. The lowest BCUT2D eigenvalue weighted by Gasteiger charge is -2.22. The summed E-state index contributed by atoms with van der Waals surface area (Å²) in [5.41, 5.74) is -0.614. The highest BCUT2D eigenvalue weighted by Gasteiger charge is 2.33. The number of methoxy groups -OCH3 is 1. The van der Waals surface area contributed by atoms with Gasteiger partial charge in [-0.05, 0) is 24.6 Å². The monoisotopic (exact) mass is 398 g/mol. The van der Waals surface area contributed by atoms with Crippen LogP contribution in [0.4, 0.5) is 18.9 Å². The molecule has 0 saturated carbocycles. The number of hydrogen-bond acceptors (Lipinski definition) is 4. The Bertz CT molecular complexity index is 820. The molecule has 0 fully saturated rings. The third-order valence-corrected chi connectivity index (χ3v) is 3.79. The van der Waals surface area contributed by atoms with Crippen LogP contribution in [0.25, 0.3) is 0 Å². The molecule has 1 N–H and O–H groups in total. The molecule has 0 atom stereocenters. The van der Waals surface area contributed by atoms with E-state index < -0.39 is 30.2 Å². The van der Waals surface area contributed by atoms with E-state index in [4.69, 9.17) is 4.74 Å². The van der Waals surface area contributed by atoms with E-state index in [2.05, 4.69) is 10.4 Å². The fraction of sp³-hybridized carbons (Fsp3) is 0.389. The lowest BCUT2D eigenvalue weighted by molar-refractivity contribution is -0.142. The molecule has 0 unspecified atom stereocenters. The van der Waals surface area contributed by atoms with Gasteiger partial charge in [0.25, 0.3) is 0 Å². The predicted molar refractivity (Wildman–Crippen MR) is 95.7 cm³/mol. The normalized spacial score (nSPS) is 11.2. The number of carbonyl (C=O) groups is 2. The second-order valence-corrected chi connectivity index (χ2v) is 5.96. The van der Waals surface area contributed by atoms with E-state index in [1.165, 1.54) is 12.0 Å². The average molecular weight is 398 g/mol. The highest BCUT2D eigenvalue weighted by atomic mass is 19.4. The van der Waals surface area contributed by atoms with Crippen molar-refractivity contribution in [3.63, 3.8) is 0 Å². The first kappa shape index (κ1) is 21.3. The van der Waals surface area contributed by atoms with Gasteiger partial charge in [0.1, 0.15) is 12.3 Å². The number of halogens is 3. The van der Waals surface area contributed by atoms with Gasteiger partial charge in [-0.3, -0.25) is 14.3 Å². The maximum atomic E-state index is 12.6. The Hall–Kier alpha value is -3.04. The van der Waals surface area contributed by atoms with Crippen LogP contribution in [0, 0.1) is 0 Å². The summed E-state index contributed by atoms with van der Waals surface area (Å²) in [7, 11) is 1.47. The first-order chi connectivity index (χ1) is 13.2. The van der Waals surface area contributed by atoms with E-state index in [1.54, 1.807) is 24.3 Å². The maximum absolute atomic E-state index is 12.6. The van der Waals surface area contributed by atoms with Crippen molar-refractivity contribution in [3.8, 4) is 5.75 Å². The molecule has 0 aliphatic carbocycles. The molecule has 10 heteroatoms. The van der Waals surface area contributed by atoms with Crippen LogP contribution in [-0.2, 0) is 22.3 Å². The first-order valence-electron chi connectivity index (χ1n) is 8.56. The van der Waals surface area contributed by atoms with E-state index in [0.717, 1.165) is 16.9 Å². The fourth-order valence-corrected chi connectivity index (χ4v) is 2.51. The quantitative estimate of drug-likeness (QED) is 0.742. The second-order valence-electron chi connectivity index (χ2n) is 5.96. The van der Waals surface area contributed by atoms with Crippen molar-refractivity contribution in [2.24, 2.45) is 0 Å². The number of aromatic nitrogens is 2. The first-order valence-corrected chi connectivity index (χ1v) is 8.56. The van der Waals surface area contributed by atoms with Crippen molar-refractivity contribution in [3.05, 3.63) is 42.2 Å². The van der Waals surface area contributed by atoms with Crippen molar-refractivity contribution in [2.75, 3.05) is 25.5 Å². The summed E-state index contributed by atoms with van der Waals surface area (Å²) in [6, 6.07) is 7.61. The summed E-state index contributed by atoms with van der Waals surface area (Å²) >= 11 is 0. The number of anilines is 1. The Labute approximate surface area is 160 Å². The Morgan fingerprint density at radius 3 is 2.57 bits per heavy atom. The largest absolute Gasteiger partial charge is 0.495 e. The number of para-hydroxylation sites is 2. The molecule has 0 spiro atoms. The van der Waals surface area contributed by atoms with Gasteiger partial charge < -0.3 is 15.0 Å². The molecule has 1 heterocycles. The third-order valence-electron chi connectivity index (χ3n) is 3.79. The molecular weight excluding hydrogens is 377 g/mol. The van der Waals surface area contributed by atoms with Crippen molar-refractivity contribution in [1.29, 1.82) is 0 Å². The summed E-state index contributed by atoms with van der Waals surface area (Å²) < 4.78 is 43.9. The topological polar surface area (TPSA) is 76.5 Å². The minimum Gasteiger partial charge on any atom is -0.495 e. The van der Waals surface area contributed by atoms with E-state index in [-0.39, 0.29) is 13.1 Å². The standard InChI is InChI=1S/C18H21F3N4O3/c1-3-9-24(11-16(26)22-13-6-4-5-7-14(13)28-2)17(27)12-25-10-8-15(23-25)18(19,20)21/h4-8,10H,3,9,11-12H2,1-2H3,(H,22,26). The van der Waals surface area contributed by atoms with E-state index in [1.807, 2.05) is 6.92 Å². The minimum absolute atomic E-state index is 0.238. The number of hydrogen-bond donors (Lipinski definition) is 1. The van der Waals surface area contributed by atoms with Gasteiger partial charge in [-0.25, -0.2) is 0 Å². The lowest BCUT2D eigenvalue weighted by Crippen LogP contribution is -2.40. The SMILES string of the molecule is CCCN(CC(=O)Nc1ccccc1OC)C(=O)Cn1ccc(C(F)(F)F)n1. The molecular formula is C18H21F3N4O3. The molecule has 2 rings (SSSR count). The average Bonchev–Trinajstić information content (AvgIpc) is 3.10. The lowest BCUT2D eigenvalue weighted by atomic mass is 10.3. The molecule has 0 aliphatic heterocycles. The van der Waals surface area contributed by atoms with Gasteiger partial charge >= 0.3 is 6.18 Å². The summed E-state index contributed by atoms with van der Waals surface area (Å²) in [6.45, 7) is 1.48. The number of carbonyl (C=O) groups excluding carboxylic acids is 2. The van der Waals surface area contributed by atoms with Crippen LogP contribution in [0.1, 0.15) is 19.0 Å². The van der Waals surface area contributed by atoms with Crippen LogP contribution in [0.15, 0.2) is 36.5 Å². The van der Waals surface area contributed by atoms with Crippen molar-refractivity contribution in [2.45, 2.75) is 26.1 Å². The Morgan fingerprint density at radius 2 is 1.96 bits per heavy atom. The Morgan fingerprint density at radius 1 is 1.25 bits per heavy atom. The summed E-state index contributed by atoms with van der Waals surface area (Å²) in [5.74, 6) is -0.475. The molecule has 0 radical (unpaired) electrons. The van der Waals surface area contributed by atoms with E-state index in [0.29, 0.717) is 17.9 Å². The van der Waals surface area contributed by atoms with E-state index >= 15 is 0 Å². The van der Waals surface area contributed by atoms with Gasteiger partial charge in [-0.1, -0.05) is 19.1 Å². The van der Waals surface area contributed by atoms with Gasteiger partial charge in [-0.15, -0.1) is 0 Å². The molecule has 28 heavy (non-hydrogen) atoms. The predicted octanol–water partition coefficient (Wildman–Crippen LogP) is 2.79. The maximum Gasteiger partial charge on any atom is 0.435 e. The molecule has 0 bridgehead atoms. The van der Waals surface area contributed by atoms with Crippen molar-refractivity contribution < 1.29 is 27.5 Å². The van der Waals surface area contributed by atoms with Crippen LogP contribution >= 0.6 is 0 Å². The fourth-order valence-electron chi connectivity index (χ4n) is 2.51. The van der Waals surface area contributed by atoms with Crippen molar-refractivity contribution >= 4 is 17.5 Å². The van der Waals surface area contributed by atoms with Crippen molar-refractivity contribution in [1.82, 2.24) is 14.7 Å². The molecule has 0 aliphatic rings. The molecule has 7 nitrogen and oxygen atoms in total. The highest BCUT2D eigenvalue weighted by molar-refractivity contribution is 5.95. The summed E-state index contributed by atoms with van der Waals surface area (Å²) in [6.07, 6.45) is -2.91. The van der Waals surface area contributed by atoms with Gasteiger partial charge in [0, 0.05) is 12.7 Å². The van der Waals surface area contributed by atoms with Crippen LogP contribution in [0.5, 0.6) is 5.75 Å². The van der Waals surface area contributed by atoms with Gasteiger partial charge in [0.2, 0.25) is 11.8 Å². The van der Waals surface area contributed by atoms with Gasteiger partial charge in [-0.2, -0.15) is 18.3 Å². The number of nitrogens with zero attached hydrogens (tertiary/aromatic N) is 3. The zero-order chi connectivity index (χ0) is 20.7. The number of nitrogens with one attached hydrogen (secondary N) is 1. The van der Waals surface area contributed by atoms with Crippen LogP contribution in [0.2, 0.25) is 0 Å². The Balaban J connectivity index is 2.02. The zero-order valence-electron chi connectivity index (χ0n) is 15.5. The summed E-state index contributed by atoms with van der Waals surface area (Å²) in [4.78, 5) is 26.1. The highest BCUT2D eigenvalue weighted by Crippen LogP contribution is 2.27. The molecule has 152 valence electrons. The molecule has 2 aromatic rings. The minimum atomic E-state index is -4.58. The number of benzene rings is 1. The number of alkyl halides is 3. The van der Waals surface area contributed by atoms with Gasteiger partial charge in [0.05, 0.1) is 19.3 Å². The van der Waals surface area contributed by atoms with E-state index in [9.17, 15) is 22.8 Å². The zero-order valence-corrected chi connectivity index (χ0v) is 15.5. The molecule has 1 aromatic heterocycles. The number of ether oxygens (including phenoxy) is 1. The molecule has 1 aromatic carbocycles. The number of amides is 2. The Kier molecular flexibility index (Phi) is 7.02. The van der Waals surface area contributed by atoms with Crippen LogP contribution in [0.3, 0.4) is 0 Å². The smallest absolute Gasteiger partial charge is 0.435 e. The van der Waals surface area contributed by atoms with Crippen LogP contribution in [-0.4, -0.2) is 46.7 Å². The van der Waals surface area contributed by atoms with Crippen LogP contribution < -0.4 is 10.1 Å². The summed E-state index contributed by atoms with van der Waals surface area (Å²) in [5, 5.41) is 6.02.